The molecule has 0 radical (unpaired) electrons. The molecule has 0 aliphatic carbocycles. The number of halogens is 2. The van der Waals surface area contributed by atoms with Crippen LogP contribution in [0.25, 0.3) is 10.1 Å². The van der Waals surface area contributed by atoms with Gasteiger partial charge >= 0.3 is 0 Å². The van der Waals surface area contributed by atoms with Gasteiger partial charge in [0, 0.05) is 14.9 Å². The Balaban J connectivity index is 2.83. The number of hydrogen-bond acceptors (Lipinski definition) is 2. The van der Waals surface area contributed by atoms with Crippen molar-refractivity contribution in [2.75, 3.05) is 5.73 Å². The molecular formula is C8H5Br2NS. The Morgan fingerprint density at radius 2 is 1.92 bits per heavy atom. The molecule has 1 aromatic carbocycles. The number of anilines is 1. The minimum Gasteiger partial charge on any atom is -0.398 e. The summed E-state index contributed by atoms with van der Waals surface area (Å²) < 4.78 is 3.34. The second kappa shape index (κ2) is 3.01. The molecule has 4 heteroatoms. The molecule has 1 aromatic heterocycles. The van der Waals surface area contributed by atoms with Crippen molar-refractivity contribution in [3.63, 3.8) is 0 Å². The predicted octanol–water partition coefficient (Wildman–Crippen LogP) is 4.01. The van der Waals surface area contributed by atoms with E-state index in [9.17, 15) is 0 Å². The lowest BCUT2D eigenvalue weighted by atomic mass is 10.2. The van der Waals surface area contributed by atoms with Crippen LogP contribution in [0.1, 0.15) is 0 Å². The fourth-order valence-electron chi connectivity index (χ4n) is 1.05. The molecule has 1 heterocycles. The largest absolute Gasteiger partial charge is 0.398 e. The summed E-state index contributed by atoms with van der Waals surface area (Å²) in [6.07, 6.45) is 0. The van der Waals surface area contributed by atoms with E-state index >= 15 is 0 Å². The van der Waals surface area contributed by atoms with Crippen LogP contribution >= 0.6 is 43.2 Å². The van der Waals surface area contributed by atoms with E-state index in [2.05, 4.69) is 37.9 Å². The van der Waals surface area contributed by atoms with Gasteiger partial charge in [-0.25, -0.2) is 0 Å². The van der Waals surface area contributed by atoms with Crippen LogP contribution in [-0.4, -0.2) is 0 Å². The number of nitrogens with two attached hydrogens (primary N) is 1. The van der Waals surface area contributed by atoms with E-state index in [0.717, 1.165) is 13.9 Å². The van der Waals surface area contributed by atoms with Crippen molar-refractivity contribution in [1.82, 2.24) is 0 Å². The summed E-state index contributed by atoms with van der Waals surface area (Å²) in [7, 11) is 0. The molecule has 0 saturated carbocycles. The maximum Gasteiger partial charge on any atom is 0.0711 e. The van der Waals surface area contributed by atoms with Gasteiger partial charge in [-0.05, 0) is 55.4 Å². The second-order valence-electron chi connectivity index (χ2n) is 2.46. The molecule has 12 heavy (non-hydrogen) atoms. The number of thiophene rings is 1. The summed E-state index contributed by atoms with van der Waals surface area (Å²) in [5, 5.41) is 1.19. The van der Waals surface area contributed by atoms with Gasteiger partial charge in [0.1, 0.15) is 0 Å². The highest BCUT2D eigenvalue weighted by molar-refractivity contribution is 9.11. The van der Waals surface area contributed by atoms with Gasteiger partial charge in [0.05, 0.1) is 3.79 Å². The Morgan fingerprint density at radius 3 is 2.67 bits per heavy atom. The van der Waals surface area contributed by atoms with Crippen LogP contribution in [0.5, 0.6) is 0 Å². The topological polar surface area (TPSA) is 26.0 Å². The molecule has 1 nitrogen and oxygen atoms in total. The standard InChI is InChI=1S/C8H5Br2NS/c9-5-3-7-4(1-6(5)11)2-8(10)12-7/h1-3H,11H2. The first-order valence-electron chi connectivity index (χ1n) is 3.31. The van der Waals surface area contributed by atoms with E-state index in [0.29, 0.717) is 0 Å². The Morgan fingerprint density at radius 1 is 1.17 bits per heavy atom. The van der Waals surface area contributed by atoms with Crippen molar-refractivity contribution in [3.8, 4) is 0 Å². The zero-order valence-electron chi connectivity index (χ0n) is 5.97. The first-order chi connectivity index (χ1) is 5.66. The number of hydrogen-bond donors (Lipinski definition) is 1. The normalized spacial score (nSPS) is 10.8. The van der Waals surface area contributed by atoms with Crippen molar-refractivity contribution in [2.45, 2.75) is 0 Å². The zero-order chi connectivity index (χ0) is 8.72. The van der Waals surface area contributed by atoms with Crippen molar-refractivity contribution < 1.29 is 0 Å². The van der Waals surface area contributed by atoms with E-state index < -0.39 is 0 Å². The third-order valence-corrected chi connectivity index (χ3v) is 3.89. The smallest absolute Gasteiger partial charge is 0.0711 e. The van der Waals surface area contributed by atoms with E-state index in [4.69, 9.17) is 5.73 Å². The quantitative estimate of drug-likeness (QED) is 0.731. The lowest BCUT2D eigenvalue weighted by Gasteiger charge is -1.96. The predicted molar refractivity (Wildman–Crippen MR) is 61.6 cm³/mol. The Hall–Kier alpha value is -0.0600. The number of rotatable bonds is 0. The molecule has 0 amide bonds. The van der Waals surface area contributed by atoms with Gasteiger partial charge in [0.15, 0.2) is 0 Å². The lowest BCUT2D eigenvalue weighted by molar-refractivity contribution is 1.72. The molecule has 0 atom stereocenters. The molecule has 2 rings (SSSR count). The highest BCUT2D eigenvalue weighted by atomic mass is 79.9. The van der Waals surface area contributed by atoms with Crippen LogP contribution in [0, 0.1) is 0 Å². The van der Waals surface area contributed by atoms with Crippen LogP contribution in [0.4, 0.5) is 5.69 Å². The summed E-state index contributed by atoms with van der Waals surface area (Å²) in [6, 6.07) is 6.09. The Labute approximate surface area is 90.8 Å². The fourth-order valence-corrected chi connectivity index (χ4v) is 3.12. The van der Waals surface area contributed by atoms with Gasteiger partial charge in [-0.3, -0.25) is 0 Å². The minimum atomic E-state index is 0.785. The van der Waals surface area contributed by atoms with Crippen molar-refractivity contribution in [3.05, 3.63) is 26.5 Å². The van der Waals surface area contributed by atoms with E-state index in [1.54, 1.807) is 11.3 Å². The van der Waals surface area contributed by atoms with Crippen LogP contribution in [-0.2, 0) is 0 Å². The molecule has 62 valence electrons. The summed E-state index contributed by atoms with van der Waals surface area (Å²) in [4.78, 5) is 0. The molecule has 2 N–H and O–H groups in total. The van der Waals surface area contributed by atoms with Crippen molar-refractivity contribution in [1.29, 1.82) is 0 Å². The molecular weight excluding hydrogens is 302 g/mol. The summed E-state index contributed by atoms with van der Waals surface area (Å²) in [5.74, 6) is 0. The van der Waals surface area contributed by atoms with Gasteiger partial charge < -0.3 is 5.73 Å². The maximum atomic E-state index is 5.74. The minimum absolute atomic E-state index is 0.785. The average molecular weight is 307 g/mol. The molecule has 0 unspecified atom stereocenters. The summed E-state index contributed by atoms with van der Waals surface area (Å²) in [6.45, 7) is 0. The lowest BCUT2D eigenvalue weighted by Crippen LogP contribution is -1.84. The molecule has 0 bridgehead atoms. The molecule has 0 spiro atoms. The first-order valence-corrected chi connectivity index (χ1v) is 5.71. The van der Waals surface area contributed by atoms with Crippen LogP contribution in [0.15, 0.2) is 26.5 Å². The van der Waals surface area contributed by atoms with Crippen LogP contribution < -0.4 is 5.73 Å². The number of fused-ring (bicyclic) bond motifs is 1. The monoisotopic (exact) mass is 305 g/mol. The van der Waals surface area contributed by atoms with Crippen molar-refractivity contribution in [2.24, 2.45) is 0 Å². The average Bonchev–Trinajstić information content (AvgIpc) is 2.30. The van der Waals surface area contributed by atoms with Gasteiger partial charge in [-0.2, -0.15) is 0 Å². The van der Waals surface area contributed by atoms with Gasteiger partial charge in [0.25, 0.3) is 0 Å². The van der Waals surface area contributed by atoms with Crippen LogP contribution in [0.2, 0.25) is 0 Å². The first kappa shape index (κ1) is 8.53. The molecule has 2 aromatic rings. The third-order valence-electron chi connectivity index (χ3n) is 1.61. The van der Waals surface area contributed by atoms with Gasteiger partial charge in [-0.1, -0.05) is 0 Å². The van der Waals surface area contributed by atoms with Crippen LogP contribution in [0.3, 0.4) is 0 Å². The maximum absolute atomic E-state index is 5.74. The molecule has 0 aliphatic rings. The highest BCUT2D eigenvalue weighted by Gasteiger charge is 2.02. The van der Waals surface area contributed by atoms with Crippen molar-refractivity contribution >= 4 is 59.0 Å². The Kier molecular flexibility index (Phi) is 2.14. The Bertz CT molecular complexity index is 397. The van der Waals surface area contributed by atoms with Gasteiger partial charge in [-0.15, -0.1) is 11.3 Å². The van der Waals surface area contributed by atoms with E-state index in [-0.39, 0.29) is 0 Å². The second-order valence-corrected chi connectivity index (χ2v) is 5.78. The fraction of sp³-hybridized carbons (Fsp3) is 0. The van der Waals surface area contributed by atoms with Gasteiger partial charge in [0.2, 0.25) is 0 Å². The highest BCUT2D eigenvalue weighted by Crippen LogP contribution is 2.34. The summed E-state index contributed by atoms with van der Waals surface area (Å²) >= 11 is 8.53. The molecule has 0 aliphatic heterocycles. The number of nitrogen functional groups attached to an aromatic ring is 1. The molecule has 0 saturated heterocycles. The number of benzene rings is 1. The third kappa shape index (κ3) is 1.39. The SMILES string of the molecule is Nc1cc2cc(Br)sc2cc1Br. The van der Waals surface area contributed by atoms with E-state index in [1.807, 2.05) is 12.1 Å². The summed E-state index contributed by atoms with van der Waals surface area (Å²) in [5.41, 5.74) is 6.52. The zero-order valence-corrected chi connectivity index (χ0v) is 9.96. The molecule has 0 fully saturated rings. The van der Waals surface area contributed by atoms with E-state index in [1.165, 1.54) is 10.1 Å².